The van der Waals surface area contributed by atoms with Crippen molar-refractivity contribution in [2.45, 2.75) is 58.3 Å². The van der Waals surface area contributed by atoms with Crippen LogP contribution in [0.15, 0.2) is 78.2 Å². The second-order valence-electron chi connectivity index (χ2n) is 9.88. The second-order valence-corrected chi connectivity index (χ2v) is 11.9. The molecule has 2 heterocycles. The highest BCUT2D eigenvalue weighted by molar-refractivity contribution is 7.20. The summed E-state index contributed by atoms with van der Waals surface area (Å²) in [5.41, 5.74) is 2.94. The lowest BCUT2D eigenvalue weighted by Gasteiger charge is -2.05. The number of rotatable bonds is 9. The van der Waals surface area contributed by atoms with Gasteiger partial charge in [0, 0.05) is 25.0 Å². The maximum atomic E-state index is 2.41. The monoisotopic (exact) mass is 492 g/mol. The zero-order valence-electron chi connectivity index (χ0n) is 20.5. The molecule has 0 unspecified atom stereocenters. The molecule has 0 saturated carbocycles. The third-order valence-corrected chi connectivity index (χ3v) is 9.56. The molecule has 0 aliphatic heterocycles. The molecule has 0 aliphatic rings. The summed E-state index contributed by atoms with van der Waals surface area (Å²) in [7, 11) is 0. The van der Waals surface area contributed by atoms with Crippen molar-refractivity contribution in [1.82, 2.24) is 0 Å². The summed E-state index contributed by atoms with van der Waals surface area (Å²) in [4.78, 5) is 1.49. The topological polar surface area (TPSA) is 0 Å². The molecule has 0 amide bonds. The molecule has 0 fully saturated rings. The van der Waals surface area contributed by atoms with E-state index in [1.54, 1.807) is 0 Å². The van der Waals surface area contributed by atoms with Crippen molar-refractivity contribution in [3.63, 3.8) is 0 Å². The van der Waals surface area contributed by atoms with Gasteiger partial charge < -0.3 is 0 Å². The number of benzene rings is 4. The molecule has 35 heavy (non-hydrogen) atoms. The average Bonchev–Trinajstić information content (AvgIpc) is 3.54. The van der Waals surface area contributed by atoms with Crippen LogP contribution in [0.4, 0.5) is 0 Å². The van der Waals surface area contributed by atoms with Gasteiger partial charge in [0.25, 0.3) is 0 Å². The zero-order valence-corrected chi connectivity index (χ0v) is 22.1. The lowest BCUT2D eigenvalue weighted by Crippen LogP contribution is -1.91. The van der Waals surface area contributed by atoms with Gasteiger partial charge in [-0.2, -0.15) is 0 Å². The van der Waals surface area contributed by atoms with E-state index in [4.69, 9.17) is 0 Å². The number of hydrogen-bond donors (Lipinski definition) is 0. The van der Waals surface area contributed by atoms with E-state index in [0.717, 1.165) is 12.8 Å². The number of hydrogen-bond acceptors (Lipinski definition) is 2. The molecule has 0 bridgehead atoms. The van der Waals surface area contributed by atoms with Crippen LogP contribution in [-0.2, 0) is 19.3 Å². The Labute approximate surface area is 216 Å². The van der Waals surface area contributed by atoms with E-state index in [1.807, 2.05) is 22.7 Å². The Bertz CT molecular complexity index is 1600. The van der Waals surface area contributed by atoms with Gasteiger partial charge in [0.1, 0.15) is 0 Å². The van der Waals surface area contributed by atoms with E-state index in [2.05, 4.69) is 85.1 Å². The lowest BCUT2D eigenvalue weighted by atomic mass is 10.0. The first-order chi connectivity index (χ1) is 17.3. The smallest absolute Gasteiger partial charge is 0.0424 e. The number of aryl methyl sites for hydroxylation is 3. The molecule has 6 aromatic rings. The standard InChI is InChI=1S/C33H32S2/c1-2-3-4-5-6-7-23-8-10-24(11-9-23)12-17-29-20-28-16-15-27-21-30-26(22-31(27)33(28)35-29)14-13-25-18-19-34-32(25)30/h8-11,13-16,18-22H,2-7,12,17H2,1H3. The Balaban J connectivity index is 1.19. The molecule has 176 valence electrons. The van der Waals surface area contributed by atoms with E-state index in [0.29, 0.717) is 0 Å². The van der Waals surface area contributed by atoms with E-state index in [-0.39, 0.29) is 0 Å². The first-order valence-corrected chi connectivity index (χ1v) is 14.8. The number of thiophene rings is 2. The van der Waals surface area contributed by atoms with E-state index >= 15 is 0 Å². The fourth-order valence-corrected chi connectivity index (χ4v) is 7.43. The Kier molecular flexibility index (Phi) is 6.59. The van der Waals surface area contributed by atoms with Gasteiger partial charge in [-0.25, -0.2) is 0 Å². The molecule has 0 N–H and O–H groups in total. The van der Waals surface area contributed by atoms with Crippen LogP contribution >= 0.6 is 22.7 Å². The highest BCUT2D eigenvalue weighted by atomic mass is 32.1. The average molecular weight is 493 g/mol. The third-order valence-electron chi connectivity index (χ3n) is 7.36. The van der Waals surface area contributed by atoms with Crippen LogP contribution in [-0.4, -0.2) is 0 Å². The predicted molar refractivity (Wildman–Crippen MR) is 159 cm³/mol. The van der Waals surface area contributed by atoms with Crippen molar-refractivity contribution in [2.75, 3.05) is 0 Å². The number of fused-ring (bicyclic) bond motifs is 6. The molecule has 0 atom stereocenters. The molecule has 6 rings (SSSR count). The maximum absolute atomic E-state index is 2.41. The minimum Gasteiger partial charge on any atom is -0.143 e. The van der Waals surface area contributed by atoms with Gasteiger partial charge in [-0.1, -0.05) is 81.1 Å². The van der Waals surface area contributed by atoms with Crippen LogP contribution in [0.2, 0.25) is 0 Å². The first-order valence-electron chi connectivity index (χ1n) is 13.1. The van der Waals surface area contributed by atoms with Crippen molar-refractivity contribution >= 4 is 64.4 Å². The highest BCUT2D eigenvalue weighted by Gasteiger charge is 2.10. The Morgan fingerprint density at radius 2 is 1.20 bits per heavy atom. The largest absolute Gasteiger partial charge is 0.143 e. The normalized spacial score (nSPS) is 11.9. The summed E-state index contributed by atoms with van der Waals surface area (Å²) in [5, 5.41) is 10.4. The van der Waals surface area contributed by atoms with E-state index in [9.17, 15) is 0 Å². The zero-order chi connectivity index (χ0) is 23.6. The minimum absolute atomic E-state index is 1.11. The summed E-state index contributed by atoms with van der Waals surface area (Å²) in [6.07, 6.45) is 10.2. The van der Waals surface area contributed by atoms with Crippen molar-refractivity contribution in [1.29, 1.82) is 0 Å². The Morgan fingerprint density at radius 1 is 0.543 bits per heavy atom. The molecule has 0 nitrogen and oxygen atoms in total. The molecule has 0 saturated heterocycles. The van der Waals surface area contributed by atoms with Crippen LogP contribution in [0, 0.1) is 0 Å². The molecule has 2 aromatic heterocycles. The highest BCUT2D eigenvalue weighted by Crippen LogP contribution is 2.38. The van der Waals surface area contributed by atoms with E-state index < -0.39 is 0 Å². The molecule has 2 heteroatoms. The SMILES string of the molecule is CCCCCCCc1ccc(CCc2cc3ccc4cc5c(ccc6ccsc65)cc4c3s2)cc1. The van der Waals surface area contributed by atoms with Crippen LogP contribution in [0.25, 0.3) is 41.7 Å². The lowest BCUT2D eigenvalue weighted by molar-refractivity contribution is 0.632. The molecule has 0 spiro atoms. The summed E-state index contributed by atoms with van der Waals surface area (Å²) in [6, 6.07) is 28.0. The molecular weight excluding hydrogens is 460 g/mol. The van der Waals surface area contributed by atoms with Crippen LogP contribution in [0.1, 0.15) is 55.0 Å². The summed E-state index contributed by atoms with van der Waals surface area (Å²) in [5.74, 6) is 0. The molecule has 0 aliphatic carbocycles. The quantitative estimate of drug-likeness (QED) is 0.139. The first kappa shape index (κ1) is 22.8. The van der Waals surface area contributed by atoms with Crippen LogP contribution in [0.3, 0.4) is 0 Å². The third kappa shape index (κ3) is 4.75. The van der Waals surface area contributed by atoms with Gasteiger partial charge in [-0.05, 0) is 88.0 Å². The maximum Gasteiger partial charge on any atom is 0.0424 e. The summed E-state index contributed by atoms with van der Waals surface area (Å²) >= 11 is 3.83. The fraction of sp³-hybridized carbons (Fsp3) is 0.273. The van der Waals surface area contributed by atoms with Gasteiger partial charge in [-0.3, -0.25) is 0 Å². The van der Waals surface area contributed by atoms with Gasteiger partial charge >= 0.3 is 0 Å². The van der Waals surface area contributed by atoms with Crippen molar-refractivity contribution in [3.05, 3.63) is 94.2 Å². The van der Waals surface area contributed by atoms with Crippen molar-refractivity contribution in [3.8, 4) is 0 Å². The van der Waals surface area contributed by atoms with Crippen molar-refractivity contribution in [2.24, 2.45) is 0 Å². The van der Waals surface area contributed by atoms with Gasteiger partial charge in [-0.15, -0.1) is 22.7 Å². The molecule has 4 aromatic carbocycles. The number of unbranched alkanes of at least 4 members (excludes halogenated alkanes) is 4. The van der Waals surface area contributed by atoms with E-state index in [1.165, 1.54) is 96.2 Å². The molecule has 0 radical (unpaired) electrons. The second kappa shape index (κ2) is 10.1. The Morgan fingerprint density at radius 3 is 1.97 bits per heavy atom. The summed E-state index contributed by atoms with van der Waals surface area (Å²) in [6.45, 7) is 2.28. The van der Waals surface area contributed by atoms with Gasteiger partial charge in [0.15, 0.2) is 0 Å². The summed E-state index contributed by atoms with van der Waals surface area (Å²) < 4.78 is 2.84. The van der Waals surface area contributed by atoms with Gasteiger partial charge in [0.05, 0.1) is 0 Å². The Hall–Kier alpha value is -2.68. The molecular formula is C33H32S2. The van der Waals surface area contributed by atoms with Crippen LogP contribution in [0.5, 0.6) is 0 Å². The van der Waals surface area contributed by atoms with Crippen molar-refractivity contribution < 1.29 is 0 Å². The van der Waals surface area contributed by atoms with Gasteiger partial charge in [0.2, 0.25) is 0 Å². The van der Waals surface area contributed by atoms with Crippen LogP contribution < -0.4 is 0 Å². The predicted octanol–water partition coefficient (Wildman–Crippen LogP) is 10.7. The fourth-order valence-electron chi connectivity index (χ4n) is 5.32. The minimum atomic E-state index is 1.11.